The van der Waals surface area contributed by atoms with Crippen LogP contribution in [0, 0.1) is 19.8 Å². The van der Waals surface area contributed by atoms with Crippen LogP contribution in [0.3, 0.4) is 0 Å². The molecule has 7 heteroatoms. The summed E-state index contributed by atoms with van der Waals surface area (Å²) in [5.74, 6) is 0.699. The summed E-state index contributed by atoms with van der Waals surface area (Å²) >= 11 is 0. The number of benzene rings is 1. The van der Waals surface area contributed by atoms with Crippen LogP contribution in [0.2, 0.25) is 0 Å². The molecule has 158 valence electrons. The molecule has 1 saturated carbocycles. The number of ether oxygens (including phenoxy) is 1. The topological polar surface area (TPSA) is 89.3 Å². The fraction of sp³-hybridized carbons (Fsp3) is 0.435. The van der Waals surface area contributed by atoms with E-state index in [2.05, 4.69) is 21.9 Å². The van der Waals surface area contributed by atoms with Gasteiger partial charge in [0.15, 0.2) is 0 Å². The number of rotatable bonds is 5. The molecule has 2 N–H and O–H groups in total. The van der Waals surface area contributed by atoms with Gasteiger partial charge >= 0.3 is 0 Å². The lowest BCUT2D eigenvalue weighted by Crippen LogP contribution is -2.21. The minimum atomic E-state index is -0.274. The molecule has 1 fully saturated rings. The molecule has 1 aliphatic rings. The molecule has 2 heterocycles. The molecule has 7 nitrogen and oxygen atoms in total. The maximum absolute atomic E-state index is 12.7. The van der Waals surface area contributed by atoms with Crippen molar-refractivity contribution in [3.05, 3.63) is 47.4 Å². The molecular formula is C23H28N4O3. The minimum Gasteiger partial charge on any atom is -0.494 e. The van der Waals surface area contributed by atoms with Crippen LogP contribution in [0.15, 0.2) is 30.3 Å². The first kappa shape index (κ1) is 20.3. The van der Waals surface area contributed by atoms with E-state index >= 15 is 0 Å². The highest BCUT2D eigenvalue weighted by Gasteiger charge is 2.25. The van der Waals surface area contributed by atoms with Gasteiger partial charge in [-0.3, -0.25) is 9.48 Å². The van der Waals surface area contributed by atoms with E-state index in [1.165, 1.54) is 0 Å². The van der Waals surface area contributed by atoms with Gasteiger partial charge in [-0.15, -0.1) is 0 Å². The monoisotopic (exact) mass is 408 g/mol. The van der Waals surface area contributed by atoms with Crippen LogP contribution in [0.1, 0.15) is 53.6 Å². The van der Waals surface area contributed by atoms with E-state index in [1.807, 2.05) is 31.2 Å². The maximum atomic E-state index is 12.7. The molecule has 30 heavy (non-hydrogen) atoms. The van der Waals surface area contributed by atoms with Crippen LogP contribution in [0.5, 0.6) is 5.75 Å². The van der Waals surface area contributed by atoms with E-state index in [9.17, 15) is 9.90 Å². The number of nitrogens with one attached hydrogen (secondary N) is 1. The molecular weight excluding hydrogens is 380 g/mol. The number of nitrogens with zero attached hydrogens (tertiary/aromatic N) is 3. The molecule has 1 aliphatic carbocycles. The Bertz CT molecular complexity index is 1070. The van der Waals surface area contributed by atoms with Gasteiger partial charge in [-0.05, 0) is 63.6 Å². The highest BCUT2D eigenvalue weighted by Crippen LogP contribution is 2.36. The van der Waals surface area contributed by atoms with Crippen molar-refractivity contribution >= 4 is 22.5 Å². The van der Waals surface area contributed by atoms with Gasteiger partial charge in [0.25, 0.3) is 5.91 Å². The van der Waals surface area contributed by atoms with E-state index in [-0.39, 0.29) is 12.5 Å². The summed E-state index contributed by atoms with van der Waals surface area (Å²) < 4.78 is 7.63. The highest BCUT2D eigenvalue weighted by molar-refractivity contribution is 6.05. The number of pyridine rings is 1. The van der Waals surface area contributed by atoms with Gasteiger partial charge < -0.3 is 15.2 Å². The maximum Gasteiger partial charge on any atom is 0.274 e. The quantitative estimate of drug-likeness (QED) is 0.665. The number of fused-ring (bicyclic) bond motifs is 1. The molecule has 0 spiro atoms. The van der Waals surface area contributed by atoms with Gasteiger partial charge in [0.2, 0.25) is 0 Å². The fourth-order valence-electron chi connectivity index (χ4n) is 4.31. The summed E-state index contributed by atoms with van der Waals surface area (Å²) in [6.07, 6.45) is 4.06. The lowest BCUT2D eigenvalue weighted by molar-refractivity contribution is 0.102. The molecule has 0 radical (unpaired) electrons. The average molecular weight is 409 g/mol. The molecule has 0 unspecified atom stereocenters. The van der Waals surface area contributed by atoms with Crippen LogP contribution >= 0.6 is 0 Å². The van der Waals surface area contributed by atoms with Crippen molar-refractivity contribution in [3.63, 3.8) is 0 Å². The number of aryl methyl sites for hydroxylation is 2. The summed E-state index contributed by atoms with van der Waals surface area (Å²) in [6, 6.07) is 9.50. The number of aromatic nitrogens is 3. The van der Waals surface area contributed by atoms with E-state index in [1.54, 1.807) is 13.2 Å². The lowest BCUT2D eigenvalue weighted by Gasteiger charge is -2.28. The van der Waals surface area contributed by atoms with E-state index in [4.69, 9.17) is 9.84 Å². The Kier molecular flexibility index (Phi) is 5.72. The number of carbonyl (C=O) groups is 1. The van der Waals surface area contributed by atoms with E-state index in [0.29, 0.717) is 29.1 Å². The van der Waals surface area contributed by atoms with Crippen molar-refractivity contribution in [2.75, 3.05) is 19.0 Å². The van der Waals surface area contributed by atoms with Gasteiger partial charge in [0.1, 0.15) is 11.4 Å². The van der Waals surface area contributed by atoms with Crippen LogP contribution < -0.4 is 10.1 Å². The van der Waals surface area contributed by atoms with Gasteiger partial charge in [-0.2, -0.15) is 5.10 Å². The van der Waals surface area contributed by atoms with Crippen molar-refractivity contribution in [3.8, 4) is 5.75 Å². The molecule has 3 aromatic rings. The number of hydrogen-bond acceptors (Lipinski definition) is 5. The Balaban J connectivity index is 1.64. The van der Waals surface area contributed by atoms with Crippen molar-refractivity contribution < 1.29 is 14.6 Å². The second-order valence-electron chi connectivity index (χ2n) is 8.08. The van der Waals surface area contributed by atoms with Gasteiger partial charge in [0.05, 0.1) is 24.4 Å². The van der Waals surface area contributed by atoms with Crippen molar-refractivity contribution in [2.24, 2.45) is 5.92 Å². The summed E-state index contributed by atoms with van der Waals surface area (Å²) in [5, 5.41) is 18.2. The average Bonchev–Trinajstić information content (AvgIpc) is 3.08. The predicted molar refractivity (Wildman–Crippen MR) is 116 cm³/mol. The van der Waals surface area contributed by atoms with E-state index < -0.39 is 0 Å². The summed E-state index contributed by atoms with van der Waals surface area (Å²) in [5.41, 5.74) is 3.68. The smallest absolute Gasteiger partial charge is 0.274 e. The van der Waals surface area contributed by atoms with E-state index in [0.717, 1.165) is 48.0 Å². The fourth-order valence-corrected chi connectivity index (χ4v) is 4.31. The van der Waals surface area contributed by atoms with Crippen LogP contribution in [0.25, 0.3) is 10.9 Å². The third kappa shape index (κ3) is 3.89. The number of aliphatic hydroxyl groups excluding tert-OH is 1. The Hall–Kier alpha value is -2.93. The van der Waals surface area contributed by atoms with Crippen molar-refractivity contribution in [1.82, 2.24) is 14.8 Å². The second-order valence-corrected chi connectivity index (χ2v) is 8.08. The molecule has 1 amide bonds. The normalized spacial score (nSPS) is 19.1. The number of anilines is 1. The second kappa shape index (κ2) is 8.44. The van der Waals surface area contributed by atoms with Crippen LogP contribution in [-0.4, -0.2) is 39.5 Å². The molecule has 0 bridgehead atoms. The lowest BCUT2D eigenvalue weighted by atomic mass is 9.86. The van der Waals surface area contributed by atoms with Gasteiger partial charge in [-0.25, -0.2) is 4.98 Å². The molecule has 0 atom stereocenters. The van der Waals surface area contributed by atoms with Crippen LogP contribution in [-0.2, 0) is 0 Å². The van der Waals surface area contributed by atoms with Gasteiger partial charge in [0, 0.05) is 29.4 Å². The Morgan fingerprint density at radius 1 is 1.23 bits per heavy atom. The molecule has 0 saturated heterocycles. The number of amides is 1. The zero-order chi connectivity index (χ0) is 21.3. The highest BCUT2D eigenvalue weighted by atomic mass is 16.5. The molecule has 1 aromatic carbocycles. The minimum absolute atomic E-state index is 0.267. The predicted octanol–water partition coefficient (Wildman–Crippen LogP) is 4.03. The summed E-state index contributed by atoms with van der Waals surface area (Å²) in [6.45, 7) is 4.19. The first-order chi connectivity index (χ1) is 14.5. The summed E-state index contributed by atoms with van der Waals surface area (Å²) in [4.78, 5) is 17.0. The number of hydrogen-bond donors (Lipinski definition) is 2. The Labute approximate surface area is 176 Å². The van der Waals surface area contributed by atoms with Crippen LogP contribution in [0.4, 0.5) is 5.69 Å². The Morgan fingerprint density at radius 2 is 2.00 bits per heavy atom. The van der Waals surface area contributed by atoms with Gasteiger partial charge in [-0.1, -0.05) is 6.07 Å². The summed E-state index contributed by atoms with van der Waals surface area (Å²) in [7, 11) is 1.59. The zero-order valence-corrected chi connectivity index (χ0v) is 17.7. The molecule has 2 aromatic heterocycles. The molecule has 0 aliphatic heterocycles. The number of methoxy groups -OCH3 is 1. The zero-order valence-electron chi connectivity index (χ0n) is 17.7. The third-order valence-corrected chi connectivity index (χ3v) is 6.06. The first-order valence-corrected chi connectivity index (χ1v) is 10.4. The number of carbonyl (C=O) groups excluding carboxylic acids is 1. The third-order valence-electron chi connectivity index (χ3n) is 6.06. The first-order valence-electron chi connectivity index (χ1n) is 10.4. The van der Waals surface area contributed by atoms with Crippen molar-refractivity contribution in [2.45, 2.75) is 45.6 Å². The molecule has 4 rings (SSSR count). The number of aliphatic hydroxyl groups is 1. The standard InChI is InChI=1S/C23H28N4O3/c1-14-5-4-6-19(24-14)23(29)25-21-11-18-15(2)27(26-20(18)12-22(21)30-3)17-9-7-16(13-28)8-10-17/h4-6,11-12,16-17,28H,7-10,13H2,1-3H3,(H,25,29)/t16-,17-. The largest absolute Gasteiger partial charge is 0.494 e. The SMILES string of the molecule is COc1cc2nn([C@H]3CC[C@H](CO)CC3)c(C)c2cc1NC(=O)c1cccc(C)n1. The van der Waals surface area contributed by atoms with Crippen molar-refractivity contribution in [1.29, 1.82) is 0 Å². The Morgan fingerprint density at radius 3 is 2.67 bits per heavy atom.